The van der Waals surface area contributed by atoms with Crippen molar-refractivity contribution in [1.29, 1.82) is 0 Å². The van der Waals surface area contributed by atoms with Gasteiger partial charge in [-0.1, -0.05) is 27.2 Å². The van der Waals surface area contributed by atoms with Crippen LogP contribution in [0.5, 0.6) is 0 Å². The van der Waals surface area contributed by atoms with Crippen molar-refractivity contribution in [2.75, 3.05) is 12.4 Å². The summed E-state index contributed by atoms with van der Waals surface area (Å²) in [6.07, 6.45) is 2.66. The number of hydrogen-bond donors (Lipinski definition) is 1. The van der Waals surface area contributed by atoms with E-state index in [1.165, 1.54) is 0 Å². The Morgan fingerprint density at radius 2 is 2.08 bits per heavy atom. The normalized spacial score (nSPS) is 11.4. The molecule has 0 aromatic carbocycles. The highest BCUT2D eigenvalue weighted by atomic mass is 35.5. The van der Waals surface area contributed by atoms with E-state index in [1.807, 2.05) is 13.8 Å². The molecule has 0 atom stereocenters. The van der Waals surface area contributed by atoms with Gasteiger partial charge in [-0.2, -0.15) is 0 Å². The molecule has 13 heavy (non-hydrogen) atoms. The monoisotopic (exact) mass is 205 g/mol. The van der Waals surface area contributed by atoms with Gasteiger partial charge in [-0.25, -0.2) is 0 Å². The van der Waals surface area contributed by atoms with Crippen LogP contribution < -0.4 is 5.32 Å². The van der Waals surface area contributed by atoms with Gasteiger partial charge < -0.3 is 5.32 Å². The largest absolute Gasteiger partial charge is 0.356 e. The Labute approximate surface area is 86.0 Å². The summed E-state index contributed by atoms with van der Waals surface area (Å²) in [6, 6.07) is 0. The molecule has 0 aromatic heterocycles. The molecule has 0 unspecified atom stereocenters. The molecule has 0 saturated carbocycles. The number of carbonyl (C=O) groups is 1. The maximum Gasteiger partial charge on any atom is 0.220 e. The highest BCUT2D eigenvalue weighted by Gasteiger charge is 2.16. The lowest BCUT2D eigenvalue weighted by molar-refractivity contribution is -0.121. The molecule has 2 nitrogen and oxygen atoms in total. The summed E-state index contributed by atoms with van der Waals surface area (Å²) in [6.45, 7) is 6.83. The smallest absolute Gasteiger partial charge is 0.220 e. The molecule has 0 rings (SSSR count). The van der Waals surface area contributed by atoms with Gasteiger partial charge in [-0.15, -0.1) is 11.6 Å². The lowest BCUT2D eigenvalue weighted by Gasteiger charge is -2.21. The minimum Gasteiger partial charge on any atom is -0.356 e. The van der Waals surface area contributed by atoms with Crippen LogP contribution in [0.2, 0.25) is 0 Å². The molecular formula is C10H20ClNO. The first-order chi connectivity index (χ1) is 6.02. The zero-order chi connectivity index (χ0) is 10.3. The van der Waals surface area contributed by atoms with Crippen molar-refractivity contribution >= 4 is 17.5 Å². The Bertz CT molecular complexity index is 157. The van der Waals surface area contributed by atoms with Gasteiger partial charge in [-0.3, -0.25) is 4.79 Å². The van der Waals surface area contributed by atoms with Crippen LogP contribution in [-0.2, 0) is 4.79 Å². The maximum atomic E-state index is 11.2. The third-order valence-corrected chi connectivity index (χ3v) is 2.61. The van der Waals surface area contributed by atoms with Crippen LogP contribution in [0.1, 0.15) is 40.0 Å². The number of rotatable bonds is 6. The van der Waals surface area contributed by atoms with Gasteiger partial charge in [0, 0.05) is 18.8 Å². The van der Waals surface area contributed by atoms with Crippen LogP contribution in [0.3, 0.4) is 0 Å². The average Bonchev–Trinajstić information content (AvgIpc) is 2.11. The molecule has 0 saturated heterocycles. The van der Waals surface area contributed by atoms with E-state index in [4.69, 9.17) is 11.6 Å². The van der Waals surface area contributed by atoms with Crippen molar-refractivity contribution in [3.05, 3.63) is 0 Å². The van der Waals surface area contributed by atoms with Gasteiger partial charge in [-0.05, 0) is 11.8 Å². The standard InChI is InChI=1S/C10H20ClNO/c1-4-5-6-9(13)12-8-10(2,3)7-11/h4-8H2,1-3H3,(H,12,13). The second kappa shape index (κ2) is 6.25. The first-order valence-electron chi connectivity index (χ1n) is 4.84. The van der Waals surface area contributed by atoms with Crippen molar-refractivity contribution < 1.29 is 4.79 Å². The van der Waals surface area contributed by atoms with Crippen molar-refractivity contribution in [2.45, 2.75) is 40.0 Å². The number of nitrogens with one attached hydrogen (secondary N) is 1. The predicted octanol–water partition coefficient (Wildman–Crippen LogP) is 2.56. The molecule has 0 aromatic rings. The lowest BCUT2D eigenvalue weighted by atomic mass is 9.96. The number of hydrogen-bond acceptors (Lipinski definition) is 1. The fourth-order valence-corrected chi connectivity index (χ4v) is 0.905. The Morgan fingerprint density at radius 1 is 1.46 bits per heavy atom. The molecule has 0 aliphatic heterocycles. The Morgan fingerprint density at radius 3 is 2.54 bits per heavy atom. The summed E-state index contributed by atoms with van der Waals surface area (Å²) < 4.78 is 0. The molecule has 1 amide bonds. The molecule has 1 N–H and O–H groups in total. The van der Waals surface area contributed by atoms with Gasteiger partial charge in [0.1, 0.15) is 0 Å². The van der Waals surface area contributed by atoms with Crippen LogP contribution in [0.4, 0.5) is 0 Å². The quantitative estimate of drug-likeness (QED) is 0.664. The second-order valence-electron chi connectivity index (χ2n) is 4.18. The highest BCUT2D eigenvalue weighted by molar-refractivity contribution is 6.18. The van der Waals surface area contributed by atoms with Crippen LogP contribution in [0.15, 0.2) is 0 Å². The van der Waals surface area contributed by atoms with E-state index in [9.17, 15) is 4.79 Å². The first kappa shape index (κ1) is 12.8. The van der Waals surface area contributed by atoms with Gasteiger partial charge in [0.2, 0.25) is 5.91 Å². The van der Waals surface area contributed by atoms with Crippen molar-refractivity contribution in [3.63, 3.8) is 0 Å². The molecule has 0 heterocycles. The molecule has 0 radical (unpaired) electrons. The van der Waals surface area contributed by atoms with Gasteiger partial charge in [0.05, 0.1) is 0 Å². The summed E-state index contributed by atoms with van der Waals surface area (Å²) in [4.78, 5) is 11.2. The number of carbonyl (C=O) groups excluding carboxylic acids is 1. The fourth-order valence-electron chi connectivity index (χ4n) is 0.811. The summed E-state index contributed by atoms with van der Waals surface area (Å²) in [5, 5.41) is 2.89. The predicted molar refractivity (Wildman–Crippen MR) is 57.0 cm³/mol. The molecule has 0 fully saturated rings. The van der Waals surface area contributed by atoms with Crippen molar-refractivity contribution in [2.24, 2.45) is 5.41 Å². The third kappa shape index (κ3) is 6.88. The minimum absolute atomic E-state index is 0.00340. The summed E-state index contributed by atoms with van der Waals surface area (Å²) in [5.41, 5.74) is 0.00340. The summed E-state index contributed by atoms with van der Waals surface area (Å²) >= 11 is 5.73. The van der Waals surface area contributed by atoms with E-state index in [0.717, 1.165) is 12.8 Å². The van der Waals surface area contributed by atoms with E-state index in [0.29, 0.717) is 18.8 Å². The first-order valence-corrected chi connectivity index (χ1v) is 5.38. The van der Waals surface area contributed by atoms with Crippen LogP contribution in [-0.4, -0.2) is 18.3 Å². The highest BCUT2D eigenvalue weighted by Crippen LogP contribution is 2.14. The van der Waals surface area contributed by atoms with Gasteiger partial charge in [0.25, 0.3) is 0 Å². The average molecular weight is 206 g/mol. The van der Waals surface area contributed by atoms with E-state index >= 15 is 0 Å². The van der Waals surface area contributed by atoms with E-state index in [-0.39, 0.29) is 11.3 Å². The topological polar surface area (TPSA) is 29.1 Å². The van der Waals surface area contributed by atoms with Crippen LogP contribution in [0, 0.1) is 5.41 Å². The fraction of sp³-hybridized carbons (Fsp3) is 0.900. The van der Waals surface area contributed by atoms with Crippen molar-refractivity contribution in [1.82, 2.24) is 5.32 Å². The Balaban J connectivity index is 3.57. The summed E-state index contributed by atoms with van der Waals surface area (Å²) in [5.74, 6) is 0.709. The SMILES string of the molecule is CCCCC(=O)NCC(C)(C)CCl. The maximum absolute atomic E-state index is 11.2. The van der Waals surface area contributed by atoms with E-state index in [2.05, 4.69) is 12.2 Å². The molecule has 0 aliphatic rings. The van der Waals surface area contributed by atoms with E-state index in [1.54, 1.807) is 0 Å². The second-order valence-corrected chi connectivity index (χ2v) is 4.45. The summed E-state index contributed by atoms with van der Waals surface area (Å²) in [7, 11) is 0. The molecule has 0 aliphatic carbocycles. The number of unbranched alkanes of at least 4 members (excludes halogenated alkanes) is 1. The van der Waals surface area contributed by atoms with E-state index < -0.39 is 0 Å². The number of halogens is 1. The Kier molecular flexibility index (Phi) is 6.13. The van der Waals surface area contributed by atoms with Crippen LogP contribution in [0.25, 0.3) is 0 Å². The van der Waals surface area contributed by atoms with Crippen LogP contribution >= 0.6 is 11.6 Å². The van der Waals surface area contributed by atoms with Crippen molar-refractivity contribution in [3.8, 4) is 0 Å². The molecule has 0 spiro atoms. The molecule has 78 valence electrons. The number of amides is 1. The lowest BCUT2D eigenvalue weighted by Crippen LogP contribution is -2.34. The zero-order valence-electron chi connectivity index (χ0n) is 8.82. The molecular weight excluding hydrogens is 186 g/mol. The molecule has 3 heteroatoms. The minimum atomic E-state index is 0.00340. The Hall–Kier alpha value is -0.240. The third-order valence-electron chi connectivity index (χ3n) is 1.88. The van der Waals surface area contributed by atoms with Gasteiger partial charge >= 0.3 is 0 Å². The van der Waals surface area contributed by atoms with Gasteiger partial charge in [0.15, 0.2) is 0 Å². The zero-order valence-corrected chi connectivity index (χ0v) is 9.58. The number of alkyl halides is 1. The molecule has 0 bridgehead atoms.